The lowest BCUT2D eigenvalue weighted by Gasteiger charge is -2.55. The van der Waals surface area contributed by atoms with E-state index in [0.29, 0.717) is 18.4 Å². The lowest BCUT2D eigenvalue weighted by atomic mass is 9.48. The molecule has 2 rings (SSSR count). The van der Waals surface area contributed by atoms with E-state index in [-0.39, 0.29) is 11.2 Å². The fourth-order valence-electron chi connectivity index (χ4n) is 4.03. The summed E-state index contributed by atoms with van der Waals surface area (Å²) in [5.74, 6) is -1.17. The third-order valence-electron chi connectivity index (χ3n) is 4.70. The van der Waals surface area contributed by atoms with Crippen LogP contribution in [0.1, 0.15) is 57.9 Å². The molecule has 1 aromatic rings. The Bertz CT molecular complexity index is 482. The average Bonchev–Trinajstić information content (AvgIpc) is 2.35. The summed E-state index contributed by atoms with van der Waals surface area (Å²) < 4.78 is 13.4. The summed E-state index contributed by atoms with van der Waals surface area (Å²) in [5.41, 5.74) is -0.131. The molecule has 3 heteroatoms. The van der Waals surface area contributed by atoms with Crippen LogP contribution in [-0.2, 0) is 10.2 Å². The van der Waals surface area contributed by atoms with Crippen molar-refractivity contribution in [3.8, 4) is 0 Å². The van der Waals surface area contributed by atoms with Crippen LogP contribution in [-0.4, -0.2) is 11.1 Å². The van der Waals surface area contributed by atoms with Gasteiger partial charge in [-0.1, -0.05) is 38.8 Å². The van der Waals surface area contributed by atoms with E-state index in [1.807, 2.05) is 0 Å². The van der Waals surface area contributed by atoms with Gasteiger partial charge in [-0.15, -0.1) is 0 Å². The van der Waals surface area contributed by atoms with Crippen LogP contribution in [0.3, 0.4) is 0 Å². The molecule has 0 aliphatic heterocycles. The van der Waals surface area contributed by atoms with Crippen molar-refractivity contribution in [3.63, 3.8) is 0 Å². The van der Waals surface area contributed by atoms with Crippen molar-refractivity contribution in [3.05, 3.63) is 35.6 Å². The maximum atomic E-state index is 13.4. The van der Waals surface area contributed by atoms with Crippen molar-refractivity contribution in [2.45, 2.75) is 57.8 Å². The largest absolute Gasteiger partial charge is 0.481 e. The van der Waals surface area contributed by atoms with Crippen LogP contribution in [0.5, 0.6) is 0 Å². The Kier molecular flexibility index (Phi) is 4.17. The van der Waals surface area contributed by atoms with Gasteiger partial charge in [0.05, 0.1) is 5.41 Å². The van der Waals surface area contributed by atoms with Gasteiger partial charge in [-0.3, -0.25) is 4.79 Å². The number of hydrogen-bond donors (Lipinski definition) is 1. The molecule has 0 unspecified atom stereocenters. The summed E-state index contributed by atoms with van der Waals surface area (Å²) in [5, 5.41) is 9.67. The number of hydrogen-bond acceptors (Lipinski definition) is 1. The predicted molar refractivity (Wildman–Crippen MR) is 77.2 cm³/mol. The molecular weight excluding hydrogens is 255 g/mol. The first-order chi connectivity index (χ1) is 9.48. The van der Waals surface area contributed by atoms with E-state index in [0.717, 1.165) is 25.7 Å². The zero-order chi connectivity index (χ0) is 14.8. The van der Waals surface area contributed by atoms with Crippen LogP contribution in [0.4, 0.5) is 4.39 Å². The second-order valence-corrected chi connectivity index (χ2v) is 6.25. The van der Waals surface area contributed by atoms with Crippen LogP contribution in [0.15, 0.2) is 24.3 Å². The molecular formula is C17H23FO2. The van der Waals surface area contributed by atoms with E-state index >= 15 is 0 Å². The van der Waals surface area contributed by atoms with Crippen molar-refractivity contribution < 1.29 is 14.3 Å². The van der Waals surface area contributed by atoms with Gasteiger partial charge in [0.15, 0.2) is 0 Å². The molecule has 2 nitrogen and oxygen atoms in total. The van der Waals surface area contributed by atoms with E-state index < -0.39 is 11.4 Å². The third kappa shape index (κ3) is 2.46. The maximum absolute atomic E-state index is 13.4. The molecule has 0 bridgehead atoms. The molecule has 1 saturated carbocycles. The molecule has 1 fully saturated rings. The molecule has 110 valence electrons. The summed E-state index contributed by atoms with van der Waals surface area (Å²) >= 11 is 0. The second-order valence-electron chi connectivity index (χ2n) is 6.25. The van der Waals surface area contributed by atoms with E-state index in [9.17, 15) is 14.3 Å². The highest BCUT2D eigenvalue weighted by Gasteiger charge is 2.58. The van der Waals surface area contributed by atoms with Crippen molar-refractivity contribution in [2.24, 2.45) is 5.41 Å². The van der Waals surface area contributed by atoms with Gasteiger partial charge >= 0.3 is 5.97 Å². The van der Waals surface area contributed by atoms with E-state index in [1.165, 1.54) is 12.1 Å². The molecule has 0 saturated heterocycles. The first-order valence-electron chi connectivity index (χ1n) is 7.47. The van der Waals surface area contributed by atoms with Crippen molar-refractivity contribution in [1.82, 2.24) is 0 Å². The molecule has 0 aromatic heterocycles. The van der Waals surface area contributed by atoms with E-state index in [4.69, 9.17) is 0 Å². The van der Waals surface area contributed by atoms with Crippen molar-refractivity contribution >= 4 is 5.97 Å². The monoisotopic (exact) mass is 278 g/mol. The molecule has 0 heterocycles. The number of benzene rings is 1. The van der Waals surface area contributed by atoms with Gasteiger partial charge in [-0.25, -0.2) is 4.39 Å². The fourth-order valence-corrected chi connectivity index (χ4v) is 4.03. The van der Waals surface area contributed by atoms with Crippen molar-refractivity contribution in [1.29, 1.82) is 0 Å². The number of carbonyl (C=O) groups is 1. The van der Waals surface area contributed by atoms with Gasteiger partial charge in [0.1, 0.15) is 5.82 Å². The molecule has 1 aliphatic carbocycles. The van der Waals surface area contributed by atoms with Crippen LogP contribution < -0.4 is 0 Å². The Balaban J connectivity index is 2.30. The Morgan fingerprint density at radius 3 is 2.30 bits per heavy atom. The first kappa shape index (κ1) is 15.0. The smallest absolute Gasteiger partial charge is 0.314 e. The Labute approximate surface area is 120 Å². The third-order valence-corrected chi connectivity index (χ3v) is 4.70. The number of carboxylic acid groups (broad SMARTS) is 1. The highest BCUT2D eigenvalue weighted by Crippen LogP contribution is 2.60. The summed E-state index contributed by atoms with van der Waals surface area (Å²) in [6, 6.07) is 6.10. The van der Waals surface area contributed by atoms with E-state index in [2.05, 4.69) is 13.8 Å². The predicted octanol–water partition coefficient (Wildman–Crippen LogP) is 4.53. The van der Waals surface area contributed by atoms with Crippen LogP contribution >= 0.6 is 0 Å². The summed E-state index contributed by atoms with van der Waals surface area (Å²) in [4.78, 5) is 11.8. The van der Waals surface area contributed by atoms with Crippen LogP contribution in [0.25, 0.3) is 0 Å². The first-order valence-corrected chi connectivity index (χ1v) is 7.47. The lowest BCUT2D eigenvalue weighted by molar-refractivity contribution is -0.155. The van der Waals surface area contributed by atoms with Gasteiger partial charge in [0, 0.05) is 0 Å². The summed E-state index contributed by atoms with van der Waals surface area (Å²) in [6.45, 7) is 4.28. The SMILES string of the molecule is CCCC1(CCC)CC(C(=O)O)(c2cccc(F)c2)C1. The van der Waals surface area contributed by atoms with Crippen molar-refractivity contribution in [2.75, 3.05) is 0 Å². The van der Waals surface area contributed by atoms with Crippen LogP contribution in [0, 0.1) is 11.2 Å². The van der Waals surface area contributed by atoms with E-state index in [1.54, 1.807) is 12.1 Å². The zero-order valence-electron chi connectivity index (χ0n) is 12.3. The maximum Gasteiger partial charge on any atom is 0.314 e. The van der Waals surface area contributed by atoms with Gasteiger partial charge in [0.25, 0.3) is 0 Å². The van der Waals surface area contributed by atoms with Gasteiger partial charge in [-0.05, 0) is 48.8 Å². The molecule has 1 aliphatic rings. The Hall–Kier alpha value is -1.38. The molecule has 0 atom stereocenters. The highest BCUT2D eigenvalue weighted by atomic mass is 19.1. The minimum Gasteiger partial charge on any atom is -0.481 e. The summed E-state index contributed by atoms with van der Waals surface area (Å²) in [7, 11) is 0. The molecule has 1 N–H and O–H groups in total. The number of rotatable bonds is 6. The molecule has 0 spiro atoms. The molecule has 1 aromatic carbocycles. The quantitative estimate of drug-likeness (QED) is 0.830. The molecule has 0 amide bonds. The average molecular weight is 278 g/mol. The van der Waals surface area contributed by atoms with Crippen LogP contribution in [0.2, 0.25) is 0 Å². The van der Waals surface area contributed by atoms with Gasteiger partial charge in [0.2, 0.25) is 0 Å². The second kappa shape index (κ2) is 5.55. The molecule has 0 radical (unpaired) electrons. The Morgan fingerprint density at radius 2 is 1.85 bits per heavy atom. The number of halogens is 1. The standard InChI is InChI=1S/C17H23FO2/c1-3-8-16(9-4-2)11-17(12-16,15(19)20)13-6-5-7-14(18)10-13/h5-7,10H,3-4,8-9,11-12H2,1-2H3,(H,19,20). The fraction of sp³-hybridized carbons (Fsp3) is 0.588. The minimum atomic E-state index is -0.883. The number of aliphatic carboxylic acids is 1. The number of carboxylic acids is 1. The lowest BCUT2D eigenvalue weighted by Crippen LogP contribution is -2.54. The summed E-state index contributed by atoms with van der Waals surface area (Å²) in [6.07, 6.45) is 5.54. The topological polar surface area (TPSA) is 37.3 Å². The molecule has 20 heavy (non-hydrogen) atoms. The minimum absolute atomic E-state index is 0.133. The van der Waals surface area contributed by atoms with Gasteiger partial charge in [-0.2, -0.15) is 0 Å². The normalized spacial score (nSPS) is 19.4. The van der Waals surface area contributed by atoms with Gasteiger partial charge < -0.3 is 5.11 Å². The Morgan fingerprint density at radius 1 is 1.25 bits per heavy atom. The highest BCUT2D eigenvalue weighted by molar-refractivity contribution is 5.83. The zero-order valence-corrected chi connectivity index (χ0v) is 12.3.